The first kappa shape index (κ1) is 16.0. The summed E-state index contributed by atoms with van der Waals surface area (Å²) in [7, 11) is 0. The van der Waals surface area contributed by atoms with E-state index in [1.165, 1.54) is 0 Å². The molecule has 1 heterocycles. The number of nitrogens with two attached hydrogens (primary N) is 1. The van der Waals surface area contributed by atoms with Gasteiger partial charge in [0, 0.05) is 33.1 Å². The second-order valence-corrected chi connectivity index (χ2v) is 5.77. The zero-order valence-electron chi connectivity index (χ0n) is 12.6. The molecule has 0 bridgehead atoms. The van der Waals surface area contributed by atoms with Gasteiger partial charge in [0.25, 0.3) is 0 Å². The second-order valence-electron chi connectivity index (χ2n) is 5.77. The Bertz CT molecular complexity index is 331. The van der Waals surface area contributed by atoms with Gasteiger partial charge in [0.1, 0.15) is 0 Å². The number of hydrogen-bond donors (Lipinski definition) is 1. The molecule has 0 radical (unpaired) electrons. The molecule has 0 aromatic heterocycles. The zero-order valence-corrected chi connectivity index (χ0v) is 12.6. The zero-order chi connectivity index (χ0) is 14.6. The quantitative estimate of drug-likeness (QED) is 0.798. The van der Waals surface area contributed by atoms with Crippen LogP contribution in [-0.4, -0.2) is 53.8 Å². The molecule has 0 aromatic carbocycles. The van der Waals surface area contributed by atoms with E-state index in [2.05, 4.69) is 0 Å². The summed E-state index contributed by atoms with van der Waals surface area (Å²) in [4.78, 5) is 27.2. The number of likely N-dealkylation sites (tertiary alicyclic amines) is 1. The Morgan fingerprint density at radius 1 is 1.42 bits per heavy atom. The van der Waals surface area contributed by atoms with Crippen molar-refractivity contribution < 1.29 is 9.59 Å². The molecule has 1 saturated heterocycles. The normalized spacial score (nSPS) is 20.7. The van der Waals surface area contributed by atoms with E-state index in [0.717, 1.165) is 32.6 Å². The number of amides is 2. The fourth-order valence-electron chi connectivity index (χ4n) is 2.47. The van der Waals surface area contributed by atoms with Crippen molar-refractivity contribution in [2.45, 2.75) is 40.2 Å². The summed E-state index contributed by atoms with van der Waals surface area (Å²) < 4.78 is 0. The lowest BCUT2D eigenvalue weighted by molar-refractivity contribution is -0.132. The van der Waals surface area contributed by atoms with Gasteiger partial charge in [-0.3, -0.25) is 9.59 Å². The maximum Gasteiger partial charge on any atom is 0.239 e. The average Bonchev–Trinajstić information content (AvgIpc) is 2.82. The third-order valence-corrected chi connectivity index (χ3v) is 3.91. The molecule has 5 heteroatoms. The monoisotopic (exact) mass is 269 g/mol. The topological polar surface area (TPSA) is 66.6 Å². The molecule has 110 valence electrons. The molecule has 0 saturated carbocycles. The predicted octanol–water partition coefficient (Wildman–Crippen LogP) is 0.687. The number of carbonyl (C=O) groups excluding carboxylic acids is 2. The summed E-state index contributed by atoms with van der Waals surface area (Å²) in [5, 5.41) is 0. The van der Waals surface area contributed by atoms with Gasteiger partial charge in [-0.15, -0.1) is 0 Å². The van der Waals surface area contributed by atoms with Gasteiger partial charge >= 0.3 is 0 Å². The second kappa shape index (κ2) is 6.89. The molecule has 0 spiro atoms. The third kappa shape index (κ3) is 4.20. The van der Waals surface area contributed by atoms with E-state index >= 15 is 0 Å². The van der Waals surface area contributed by atoms with Gasteiger partial charge in [-0.05, 0) is 25.2 Å². The Morgan fingerprint density at radius 3 is 2.53 bits per heavy atom. The minimum Gasteiger partial charge on any atom is -0.343 e. The Labute approximate surface area is 116 Å². The highest BCUT2D eigenvalue weighted by molar-refractivity contribution is 5.82. The fraction of sp³-hybridized carbons (Fsp3) is 0.857. The Hall–Kier alpha value is -1.10. The number of nitrogens with zero attached hydrogens (tertiary/aromatic N) is 2. The number of carbonyl (C=O) groups is 2. The lowest BCUT2D eigenvalue weighted by Crippen LogP contribution is -2.46. The first-order chi connectivity index (χ1) is 8.86. The Kier molecular flexibility index (Phi) is 5.79. The third-order valence-electron chi connectivity index (χ3n) is 3.91. The van der Waals surface area contributed by atoms with E-state index in [1.807, 2.05) is 30.6 Å². The standard InChI is InChI=1S/C14H27N3O2/c1-5-16(11(4)18)8-12-6-7-17(9-12)14(19)13(15)10(2)3/h10,12-13H,5-9,15H2,1-4H3/t12?,13-/m0/s1. The van der Waals surface area contributed by atoms with Crippen LogP contribution in [0.1, 0.15) is 34.1 Å². The first-order valence-electron chi connectivity index (χ1n) is 7.16. The van der Waals surface area contributed by atoms with E-state index in [9.17, 15) is 9.59 Å². The van der Waals surface area contributed by atoms with Crippen LogP contribution < -0.4 is 5.73 Å². The molecular weight excluding hydrogens is 242 g/mol. The minimum atomic E-state index is -0.408. The summed E-state index contributed by atoms with van der Waals surface area (Å²) in [5.41, 5.74) is 5.91. The van der Waals surface area contributed by atoms with Crippen molar-refractivity contribution in [1.29, 1.82) is 0 Å². The highest BCUT2D eigenvalue weighted by Crippen LogP contribution is 2.19. The Balaban J connectivity index is 2.49. The van der Waals surface area contributed by atoms with Gasteiger partial charge < -0.3 is 15.5 Å². The van der Waals surface area contributed by atoms with Crippen molar-refractivity contribution in [3.05, 3.63) is 0 Å². The van der Waals surface area contributed by atoms with Gasteiger partial charge in [0.05, 0.1) is 6.04 Å². The van der Waals surface area contributed by atoms with Crippen LogP contribution in [0.5, 0.6) is 0 Å². The van der Waals surface area contributed by atoms with Crippen LogP contribution in [0.25, 0.3) is 0 Å². The van der Waals surface area contributed by atoms with E-state index in [4.69, 9.17) is 5.73 Å². The molecule has 2 atom stereocenters. The molecule has 2 N–H and O–H groups in total. The van der Waals surface area contributed by atoms with Gasteiger partial charge in [0.15, 0.2) is 0 Å². The van der Waals surface area contributed by atoms with Crippen LogP contribution in [0.2, 0.25) is 0 Å². The SMILES string of the molecule is CCN(CC1CCN(C(=O)[C@@H](N)C(C)C)C1)C(C)=O. The van der Waals surface area contributed by atoms with Gasteiger partial charge in [-0.2, -0.15) is 0 Å². The molecule has 5 nitrogen and oxygen atoms in total. The molecule has 0 aromatic rings. The average molecular weight is 269 g/mol. The molecule has 1 aliphatic rings. The smallest absolute Gasteiger partial charge is 0.239 e. The van der Waals surface area contributed by atoms with Gasteiger partial charge in [-0.25, -0.2) is 0 Å². The van der Waals surface area contributed by atoms with Crippen LogP contribution >= 0.6 is 0 Å². The predicted molar refractivity (Wildman–Crippen MR) is 75.4 cm³/mol. The van der Waals surface area contributed by atoms with Crippen LogP contribution in [0, 0.1) is 11.8 Å². The highest BCUT2D eigenvalue weighted by Gasteiger charge is 2.31. The molecule has 1 fully saturated rings. The summed E-state index contributed by atoms with van der Waals surface area (Å²) in [6.45, 7) is 10.5. The van der Waals surface area contributed by atoms with E-state index in [-0.39, 0.29) is 17.7 Å². The summed E-state index contributed by atoms with van der Waals surface area (Å²) in [6.07, 6.45) is 0.959. The van der Waals surface area contributed by atoms with E-state index < -0.39 is 6.04 Å². The molecule has 0 aliphatic carbocycles. The summed E-state index contributed by atoms with van der Waals surface area (Å²) in [6, 6.07) is -0.408. The van der Waals surface area contributed by atoms with E-state index in [0.29, 0.717) is 5.92 Å². The van der Waals surface area contributed by atoms with Crippen molar-refractivity contribution in [2.24, 2.45) is 17.6 Å². The van der Waals surface area contributed by atoms with Crippen molar-refractivity contribution >= 4 is 11.8 Å². The number of hydrogen-bond acceptors (Lipinski definition) is 3. The molecule has 1 unspecified atom stereocenters. The highest BCUT2D eigenvalue weighted by atomic mass is 16.2. The van der Waals surface area contributed by atoms with Crippen LogP contribution in [0.3, 0.4) is 0 Å². The van der Waals surface area contributed by atoms with Crippen LogP contribution in [0.15, 0.2) is 0 Å². The van der Waals surface area contributed by atoms with Crippen molar-refractivity contribution in [1.82, 2.24) is 9.80 Å². The molecular formula is C14H27N3O2. The summed E-state index contributed by atoms with van der Waals surface area (Å²) >= 11 is 0. The van der Waals surface area contributed by atoms with Crippen molar-refractivity contribution in [2.75, 3.05) is 26.2 Å². The minimum absolute atomic E-state index is 0.0448. The van der Waals surface area contributed by atoms with Crippen molar-refractivity contribution in [3.8, 4) is 0 Å². The van der Waals surface area contributed by atoms with Crippen LogP contribution in [0.4, 0.5) is 0 Å². The maximum atomic E-state index is 12.1. The van der Waals surface area contributed by atoms with Crippen molar-refractivity contribution in [3.63, 3.8) is 0 Å². The van der Waals surface area contributed by atoms with Crippen LogP contribution in [-0.2, 0) is 9.59 Å². The maximum absolute atomic E-state index is 12.1. The number of rotatable bonds is 5. The summed E-state index contributed by atoms with van der Waals surface area (Å²) in [5.74, 6) is 0.692. The molecule has 1 rings (SSSR count). The largest absolute Gasteiger partial charge is 0.343 e. The molecule has 19 heavy (non-hydrogen) atoms. The molecule has 2 amide bonds. The van der Waals surface area contributed by atoms with E-state index in [1.54, 1.807) is 6.92 Å². The lowest BCUT2D eigenvalue weighted by atomic mass is 10.0. The lowest BCUT2D eigenvalue weighted by Gasteiger charge is -2.25. The fourth-order valence-corrected chi connectivity index (χ4v) is 2.47. The first-order valence-corrected chi connectivity index (χ1v) is 7.16. The van der Waals surface area contributed by atoms with Gasteiger partial charge in [-0.1, -0.05) is 13.8 Å². The molecule has 1 aliphatic heterocycles. The van der Waals surface area contributed by atoms with Gasteiger partial charge in [0.2, 0.25) is 11.8 Å². The Morgan fingerprint density at radius 2 is 2.05 bits per heavy atom.